The Labute approximate surface area is 184 Å². The number of hydrogen-bond acceptors (Lipinski definition) is 7. The van der Waals surface area contributed by atoms with Crippen LogP contribution in [0.1, 0.15) is 30.1 Å². The fourth-order valence-electron chi connectivity index (χ4n) is 3.58. The van der Waals surface area contributed by atoms with Gasteiger partial charge in [-0.2, -0.15) is 0 Å². The minimum atomic E-state index is -0.816. The molecule has 0 aromatic heterocycles. The van der Waals surface area contributed by atoms with Crippen LogP contribution in [0.2, 0.25) is 0 Å². The second kappa shape index (κ2) is 9.87. The Morgan fingerprint density at radius 2 is 2.10 bits per heavy atom. The van der Waals surface area contributed by atoms with Gasteiger partial charge in [-0.05, 0) is 64.2 Å². The van der Waals surface area contributed by atoms with E-state index in [0.29, 0.717) is 41.2 Å². The lowest BCUT2D eigenvalue weighted by Crippen LogP contribution is -2.25. The molecule has 0 saturated carbocycles. The summed E-state index contributed by atoms with van der Waals surface area (Å²) in [5.74, 6) is 2.47. The lowest BCUT2D eigenvalue weighted by molar-refractivity contribution is 0.105. The summed E-state index contributed by atoms with van der Waals surface area (Å²) in [6.45, 7) is 2.67. The molecule has 7 nitrogen and oxygen atoms in total. The molecule has 162 valence electrons. The third kappa shape index (κ3) is 5.00. The summed E-state index contributed by atoms with van der Waals surface area (Å²) in [6, 6.07) is 9.29. The highest BCUT2D eigenvalue weighted by atomic mass is 79.9. The van der Waals surface area contributed by atoms with Gasteiger partial charge in [0, 0.05) is 19.7 Å². The van der Waals surface area contributed by atoms with Crippen LogP contribution in [0.15, 0.2) is 34.8 Å². The minimum absolute atomic E-state index is 0.0746. The van der Waals surface area contributed by atoms with Crippen molar-refractivity contribution in [2.75, 3.05) is 33.7 Å². The molecular formula is C22H26BrNO6. The van der Waals surface area contributed by atoms with Gasteiger partial charge in [-0.15, -0.1) is 0 Å². The van der Waals surface area contributed by atoms with Crippen molar-refractivity contribution >= 4 is 15.9 Å². The second-order valence-electron chi connectivity index (χ2n) is 7.31. The van der Waals surface area contributed by atoms with E-state index in [9.17, 15) is 5.11 Å². The number of hydrogen-bond donors (Lipinski definition) is 2. The zero-order valence-corrected chi connectivity index (χ0v) is 18.4. The Morgan fingerprint density at radius 1 is 1.23 bits per heavy atom. The Morgan fingerprint density at radius 3 is 2.90 bits per heavy atom. The molecule has 4 rings (SSSR count). The van der Waals surface area contributed by atoms with E-state index in [-0.39, 0.29) is 13.4 Å². The van der Waals surface area contributed by atoms with Crippen LogP contribution in [-0.4, -0.2) is 44.9 Å². The zero-order valence-electron chi connectivity index (χ0n) is 16.9. The van der Waals surface area contributed by atoms with Gasteiger partial charge in [0.05, 0.1) is 17.7 Å². The molecule has 0 spiro atoms. The first-order chi connectivity index (χ1) is 14.6. The van der Waals surface area contributed by atoms with Crippen LogP contribution in [-0.2, 0) is 11.3 Å². The van der Waals surface area contributed by atoms with Crippen molar-refractivity contribution in [1.29, 1.82) is 0 Å². The summed E-state index contributed by atoms with van der Waals surface area (Å²) < 4.78 is 28.5. The van der Waals surface area contributed by atoms with Gasteiger partial charge in [-0.1, -0.05) is 6.07 Å². The van der Waals surface area contributed by atoms with Crippen molar-refractivity contribution in [2.45, 2.75) is 31.6 Å². The number of aliphatic hydroxyl groups is 1. The Bertz CT molecular complexity index is 871. The van der Waals surface area contributed by atoms with E-state index in [4.69, 9.17) is 23.7 Å². The molecule has 2 aromatic carbocycles. The zero-order chi connectivity index (χ0) is 20.9. The lowest BCUT2D eigenvalue weighted by atomic mass is 10.1. The van der Waals surface area contributed by atoms with Gasteiger partial charge in [-0.25, -0.2) is 0 Å². The van der Waals surface area contributed by atoms with Crippen LogP contribution >= 0.6 is 15.9 Å². The van der Waals surface area contributed by atoms with Crippen molar-refractivity contribution in [3.05, 3.63) is 45.9 Å². The SMILES string of the molecule is COc1cc(CNCC2CCCO2)cc(Br)c1OCC(O)c1ccc2c(c1)OCO2. The quantitative estimate of drug-likeness (QED) is 0.568. The van der Waals surface area contributed by atoms with Crippen LogP contribution in [0.25, 0.3) is 0 Å². The number of nitrogens with one attached hydrogen (secondary N) is 1. The van der Waals surface area contributed by atoms with Gasteiger partial charge < -0.3 is 34.1 Å². The van der Waals surface area contributed by atoms with Crippen molar-refractivity contribution in [2.24, 2.45) is 0 Å². The molecule has 0 amide bonds. The highest BCUT2D eigenvalue weighted by molar-refractivity contribution is 9.10. The van der Waals surface area contributed by atoms with Gasteiger partial charge in [-0.3, -0.25) is 0 Å². The average Bonchev–Trinajstić information content (AvgIpc) is 3.43. The fraction of sp³-hybridized carbons (Fsp3) is 0.455. The summed E-state index contributed by atoms with van der Waals surface area (Å²) in [4.78, 5) is 0. The van der Waals surface area contributed by atoms with Crippen LogP contribution in [0.4, 0.5) is 0 Å². The molecule has 2 aliphatic rings. The maximum Gasteiger partial charge on any atom is 0.231 e. The van der Waals surface area contributed by atoms with Crippen LogP contribution in [0.3, 0.4) is 0 Å². The standard InChI is InChI=1S/C22H26BrNO6/c1-26-21-8-14(10-24-11-16-3-2-6-27-16)7-17(23)22(21)28-12-18(25)15-4-5-19-20(9-15)30-13-29-19/h4-5,7-9,16,18,24-25H,2-3,6,10-13H2,1H3. The van der Waals surface area contributed by atoms with E-state index in [1.54, 1.807) is 25.3 Å². The van der Waals surface area contributed by atoms with E-state index in [0.717, 1.165) is 36.0 Å². The summed E-state index contributed by atoms with van der Waals surface area (Å²) in [5, 5.41) is 14.0. The van der Waals surface area contributed by atoms with E-state index in [1.165, 1.54) is 0 Å². The predicted octanol–water partition coefficient (Wildman–Crippen LogP) is 3.57. The summed E-state index contributed by atoms with van der Waals surface area (Å²) >= 11 is 3.57. The summed E-state index contributed by atoms with van der Waals surface area (Å²) in [6.07, 6.45) is 1.73. The van der Waals surface area contributed by atoms with Gasteiger partial charge >= 0.3 is 0 Å². The number of halogens is 1. The van der Waals surface area contributed by atoms with Gasteiger partial charge in [0.25, 0.3) is 0 Å². The highest BCUT2D eigenvalue weighted by Crippen LogP contribution is 2.38. The second-order valence-corrected chi connectivity index (χ2v) is 8.17. The van der Waals surface area contributed by atoms with E-state index in [2.05, 4.69) is 21.2 Å². The number of rotatable bonds is 9. The molecule has 0 radical (unpaired) electrons. The number of fused-ring (bicyclic) bond motifs is 1. The maximum absolute atomic E-state index is 10.5. The molecule has 2 N–H and O–H groups in total. The molecule has 1 saturated heterocycles. The largest absolute Gasteiger partial charge is 0.493 e. The minimum Gasteiger partial charge on any atom is -0.493 e. The first-order valence-corrected chi connectivity index (χ1v) is 10.8. The number of ether oxygens (including phenoxy) is 5. The summed E-state index contributed by atoms with van der Waals surface area (Å²) in [7, 11) is 1.60. The van der Waals surface area contributed by atoms with Crippen molar-refractivity contribution in [3.63, 3.8) is 0 Å². The molecule has 8 heteroatoms. The Hall–Kier alpha value is -2.00. The highest BCUT2D eigenvalue weighted by Gasteiger charge is 2.19. The number of benzene rings is 2. The van der Waals surface area contributed by atoms with Gasteiger partial charge in [0.15, 0.2) is 23.0 Å². The van der Waals surface area contributed by atoms with Crippen LogP contribution in [0.5, 0.6) is 23.0 Å². The monoisotopic (exact) mass is 479 g/mol. The smallest absolute Gasteiger partial charge is 0.231 e. The predicted molar refractivity (Wildman–Crippen MR) is 114 cm³/mol. The third-order valence-corrected chi connectivity index (χ3v) is 5.77. The Kier molecular flexibility index (Phi) is 6.99. The molecule has 0 bridgehead atoms. The topological polar surface area (TPSA) is 78.4 Å². The van der Waals surface area contributed by atoms with E-state index >= 15 is 0 Å². The maximum atomic E-state index is 10.5. The molecule has 2 aliphatic heterocycles. The number of aliphatic hydroxyl groups excluding tert-OH is 1. The van der Waals surface area contributed by atoms with Gasteiger partial charge in [0.1, 0.15) is 12.7 Å². The van der Waals surface area contributed by atoms with Crippen molar-refractivity contribution < 1.29 is 28.8 Å². The molecule has 2 unspecified atom stereocenters. The summed E-state index contributed by atoms with van der Waals surface area (Å²) in [5.41, 5.74) is 1.77. The normalized spacial score (nSPS) is 18.4. The average molecular weight is 480 g/mol. The molecule has 1 fully saturated rings. The van der Waals surface area contributed by atoms with Crippen molar-refractivity contribution in [1.82, 2.24) is 5.32 Å². The molecule has 2 atom stereocenters. The molecule has 0 aliphatic carbocycles. The van der Waals surface area contributed by atoms with Crippen LogP contribution < -0.4 is 24.3 Å². The molecule has 30 heavy (non-hydrogen) atoms. The molecular weight excluding hydrogens is 454 g/mol. The molecule has 2 aromatic rings. The fourth-order valence-corrected chi connectivity index (χ4v) is 4.18. The lowest BCUT2D eigenvalue weighted by Gasteiger charge is -2.18. The molecule has 2 heterocycles. The Balaban J connectivity index is 1.36. The van der Waals surface area contributed by atoms with E-state index < -0.39 is 6.10 Å². The first kappa shape index (κ1) is 21.2. The first-order valence-electron chi connectivity index (χ1n) is 10.0. The third-order valence-electron chi connectivity index (χ3n) is 5.18. The van der Waals surface area contributed by atoms with Gasteiger partial charge in [0.2, 0.25) is 6.79 Å². The number of methoxy groups -OCH3 is 1. The van der Waals surface area contributed by atoms with Crippen molar-refractivity contribution in [3.8, 4) is 23.0 Å². The van der Waals surface area contributed by atoms with Crippen LogP contribution in [0, 0.1) is 0 Å². The van der Waals surface area contributed by atoms with E-state index in [1.807, 2.05) is 12.1 Å².